The maximum absolute atomic E-state index is 12.2. The van der Waals surface area contributed by atoms with Gasteiger partial charge in [0, 0.05) is 43.4 Å². The predicted octanol–water partition coefficient (Wildman–Crippen LogP) is 6.04. The van der Waals surface area contributed by atoms with Crippen molar-refractivity contribution in [1.82, 2.24) is 15.2 Å². The van der Waals surface area contributed by atoms with Crippen molar-refractivity contribution in [3.05, 3.63) is 82.0 Å². The number of piperidine rings is 1. The molecule has 1 aliphatic rings. The van der Waals surface area contributed by atoms with E-state index >= 15 is 0 Å². The number of H-pyrrole nitrogens is 1. The molecule has 0 aliphatic carbocycles. The van der Waals surface area contributed by atoms with Gasteiger partial charge < -0.3 is 29.4 Å². The number of hydrogen-bond donors (Lipinski definition) is 2. The first-order chi connectivity index (χ1) is 19.0. The second-order valence-electron chi connectivity index (χ2n) is 9.39. The summed E-state index contributed by atoms with van der Waals surface area (Å²) in [5.41, 5.74) is 3.42. The SMILES string of the molecule is COCCOCOc1c(Cl)cc(C=CC=CC(=O)NCCN2CCC(c3c[nH]c4ccccc34)CC2)cc1Cl. The first kappa shape index (κ1) is 29.2. The Labute approximate surface area is 239 Å². The van der Waals surface area contributed by atoms with Crippen LogP contribution in [0.3, 0.4) is 0 Å². The Morgan fingerprint density at radius 1 is 1.13 bits per heavy atom. The molecule has 2 heterocycles. The van der Waals surface area contributed by atoms with Crippen LogP contribution in [-0.4, -0.2) is 69.1 Å². The molecule has 1 saturated heterocycles. The number of fused-ring (bicyclic) bond motifs is 1. The number of amides is 1. The van der Waals surface area contributed by atoms with Crippen molar-refractivity contribution in [3.8, 4) is 5.75 Å². The van der Waals surface area contributed by atoms with Gasteiger partial charge in [0.1, 0.15) is 0 Å². The molecule has 208 valence electrons. The summed E-state index contributed by atoms with van der Waals surface area (Å²) in [6.45, 7) is 4.46. The zero-order valence-corrected chi connectivity index (χ0v) is 23.6. The van der Waals surface area contributed by atoms with E-state index in [1.54, 1.807) is 31.4 Å². The zero-order chi connectivity index (χ0) is 27.5. The molecule has 0 bridgehead atoms. The van der Waals surface area contributed by atoms with E-state index in [1.165, 1.54) is 22.5 Å². The lowest BCUT2D eigenvalue weighted by Gasteiger charge is -2.31. The fraction of sp³-hybridized carbons (Fsp3) is 0.367. The number of aromatic amines is 1. The second kappa shape index (κ2) is 15.1. The Kier molecular flexibility index (Phi) is 11.3. The van der Waals surface area contributed by atoms with E-state index in [4.69, 9.17) is 37.4 Å². The molecule has 2 N–H and O–H groups in total. The number of carbonyl (C=O) groups is 1. The summed E-state index contributed by atoms with van der Waals surface area (Å²) in [6.07, 6.45) is 11.2. The predicted molar refractivity (Wildman–Crippen MR) is 158 cm³/mol. The van der Waals surface area contributed by atoms with E-state index in [-0.39, 0.29) is 12.7 Å². The van der Waals surface area contributed by atoms with Crippen LogP contribution in [0.2, 0.25) is 10.0 Å². The Hall–Kier alpha value is -2.81. The molecule has 3 aromatic rings. The van der Waals surface area contributed by atoms with Gasteiger partial charge in [-0.15, -0.1) is 0 Å². The lowest BCUT2D eigenvalue weighted by atomic mass is 9.89. The molecule has 0 saturated carbocycles. The number of halogens is 2. The number of para-hydroxylation sites is 1. The third-order valence-electron chi connectivity index (χ3n) is 6.76. The Morgan fingerprint density at radius 2 is 1.90 bits per heavy atom. The van der Waals surface area contributed by atoms with Gasteiger partial charge in [0.05, 0.1) is 23.3 Å². The molecule has 1 amide bonds. The highest BCUT2D eigenvalue weighted by atomic mass is 35.5. The smallest absolute Gasteiger partial charge is 0.244 e. The van der Waals surface area contributed by atoms with Crippen molar-refractivity contribution in [2.24, 2.45) is 0 Å². The number of likely N-dealkylation sites (tertiary alicyclic amines) is 1. The van der Waals surface area contributed by atoms with E-state index in [1.807, 2.05) is 6.08 Å². The average molecular weight is 573 g/mol. The van der Waals surface area contributed by atoms with Gasteiger partial charge >= 0.3 is 0 Å². The van der Waals surface area contributed by atoms with Crippen LogP contribution < -0.4 is 10.1 Å². The number of methoxy groups -OCH3 is 1. The fourth-order valence-electron chi connectivity index (χ4n) is 4.72. The minimum Gasteiger partial charge on any atom is -0.464 e. The average Bonchev–Trinajstić information content (AvgIpc) is 3.37. The minimum absolute atomic E-state index is 0.0269. The monoisotopic (exact) mass is 571 g/mol. The Balaban J connectivity index is 1.15. The molecular weight excluding hydrogens is 537 g/mol. The van der Waals surface area contributed by atoms with Crippen LogP contribution in [0, 0.1) is 0 Å². The minimum atomic E-state index is -0.124. The summed E-state index contributed by atoms with van der Waals surface area (Å²) < 4.78 is 15.7. The van der Waals surface area contributed by atoms with Crippen LogP contribution in [0.25, 0.3) is 17.0 Å². The molecule has 7 nitrogen and oxygen atoms in total. The van der Waals surface area contributed by atoms with Crippen molar-refractivity contribution in [1.29, 1.82) is 0 Å². The third-order valence-corrected chi connectivity index (χ3v) is 7.32. The van der Waals surface area contributed by atoms with Crippen molar-refractivity contribution >= 4 is 46.1 Å². The molecule has 39 heavy (non-hydrogen) atoms. The zero-order valence-electron chi connectivity index (χ0n) is 22.1. The molecular formula is C30H35Cl2N3O4. The van der Waals surface area contributed by atoms with E-state index < -0.39 is 0 Å². The summed E-state index contributed by atoms with van der Waals surface area (Å²) in [5.74, 6) is 0.821. The topological polar surface area (TPSA) is 75.8 Å². The molecule has 0 spiro atoms. The standard InChI is InChI=1S/C30H35Cl2N3O4/c1-37-16-17-38-21-39-30-26(31)18-22(19-27(30)32)6-2-5-9-29(36)33-12-15-35-13-10-23(11-14-35)25-20-34-28-8-4-3-7-24(25)28/h2-9,18-20,23,34H,10-17,21H2,1H3,(H,33,36). The largest absolute Gasteiger partial charge is 0.464 e. The van der Waals surface area contributed by atoms with Crippen LogP contribution in [0.4, 0.5) is 0 Å². The maximum Gasteiger partial charge on any atom is 0.244 e. The summed E-state index contributed by atoms with van der Waals surface area (Å²) in [7, 11) is 1.60. The number of allylic oxidation sites excluding steroid dienone is 2. The van der Waals surface area contributed by atoms with Crippen LogP contribution in [0.5, 0.6) is 5.75 Å². The number of nitrogens with one attached hydrogen (secondary N) is 2. The van der Waals surface area contributed by atoms with Crippen molar-refractivity contribution in [2.45, 2.75) is 18.8 Å². The molecule has 2 aromatic carbocycles. The Bertz CT molecular complexity index is 1260. The number of benzene rings is 2. The van der Waals surface area contributed by atoms with Crippen LogP contribution in [0.15, 0.2) is 60.8 Å². The molecule has 0 radical (unpaired) electrons. The van der Waals surface area contributed by atoms with Gasteiger partial charge in [-0.05, 0) is 61.2 Å². The van der Waals surface area contributed by atoms with Crippen LogP contribution in [-0.2, 0) is 14.3 Å². The number of ether oxygens (including phenoxy) is 3. The highest BCUT2D eigenvalue weighted by Gasteiger charge is 2.22. The first-order valence-electron chi connectivity index (χ1n) is 13.1. The van der Waals surface area contributed by atoms with Gasteiger partial charge in [0.25, 0.3) is 0 Å². The van der Waals surface area contributed by atoms with Gasteiger partial charge in [-0.25, -0.2) is 0 Å². The maximum atomic E-state index is 12.2. The normalized spacial score (nSPS) is 15.1. The highest BCUT2D eigenvalue weighted by molar-refractivity contribution is 6.37. The van der Waals surface area contributed by atoms with E-state index in [0.29, 0.717) is 41.5 Å². The lowest BCUT2D eigenvalue weighted by molar-refractivity contribution is -0.116. The molecule has 0 unspecified atom stereocenters. The van der Waals surface area contributed by atoms with Gasteiger partial charge in [-0.2, -0.15) is 0 Å². The summed E-state index contributed by atoms with van der Waals surface area (Å²) in [5, 5.41) is 5.06. The van der Waals surface area contributed by atoms with Crippen LogP contribution >= 0.6 is 23.2 Å². The Morgan fingerprint density at radius 3 is 2.67 bits per heavy atom. The quantitative estimate of drug-likeness (QED) is 0.113. The summed E-state index contributed by atoms with van der Waals surface area (Å²) in [4.78, 5) is 18.0. The number of carbonyl (C=O) groups excluding carboxylic acids is 1. The molecule has 1 fully saturated rings. The molecule has 1 aliphatic heterocycles. The van der Waals surface area contributed by atoms with Gasteiger partial charge in [0.2, 0.25) is 5.91 Å². The number of hydrogen-bond acceptors (Lipinski definition) is 5. The number of nitrogens with zero attached hydrogens (tertiary/aromatic N) is 1. The van der Waals surface area contributed by atoms with E-state index in [2.05, 4.69) is 45.7 Å². The van der Waals surface area contributed by atoms with Gasteiger partial charge in [0.15, 0.2) is 12.5 Å². The van der Waals surface area contributed by atoms with E-state index in [9.17, 15) is 4.79 Å². The number of aromatic nitrogens is 1. The van der Waals surface area contributed by atoms with Crippen LogP contribution in [0.1, 0.15) is 29.9 Å². The summed E-state index contributed by atoms with van der Waals surface area (Å²) >= 11 is 12.6. The lowest BCUT2D eigenvalue weighted by Crippen LogP contribution is -2.38. The van der Waals surface area contributed by atoms with Crippen molar-refractivity contribution in [2.75, 3.05) is 53.3 Å². The third kappa shape index (κ3) is 8.59. The molecule has 0 atom stereocenters. The van der Waals surface area contributed by atoms with Gasteiger partial charge in [-0.3, -0.25) is 4.79 Å². The first-order valence-corrected chi connectivity index (χ1v) is 13.9. The fourth-order valence-corrected chi connectivity index (χ4v) is 5.33. The molecule has 9 heteroatoms. The second-order valence-corrected chi connectivity index (χ2v) is 10.2. The van der Waals surface area contributed by atoms with Crippen molar-refractivity contribution in [3.63, 3.8) is 0 Å². The summed E-state index contributed by atoms with van der Waals surface area (Å²) in [6, 6.07) is 12.0. The van der Waals surface area contributed by atoms with Crippen molar-refractivity contribution < 1.29 is 19.0 Å². The van der Waals surface area contributed by atoms with E-state index in [0.717, 1.165) is 38.0 Å². The van der Waals surface area contributed by atoms with Gasteiger partial charge in [-0.1, -0.05) is 59.6 Å². The number of rotatable bonds is 13. The molecule has 1 aromatic heterocycles. The highest BCUT2D eigenvalue weighted by Crippen LogP contribution is 2.35. The molecule has 4 rings (SSSR count).